The summed E-state index contributed by atoms with van der Waals surface area (Å²) in [5.74, 6) is -1.42. The molecule has 0 aliphatic rings. The van der Waals surface area contributed by atoms with Gasteiger partial charge in [0.2, 0.25) is 0 Å². The predicted molar refractivity (Wildman–Crippen MR) is 94.3 cm³/mol. The molecule has 0 spiro atoms. The van der Waals surface area contributed by atoms with Crippen molar-refractivity contribution in [3.05, 3.63) is 59.4 Å². The normalized spacial score (nSPS) is 10.8. The summed E-state index contributed by atoms with van der Waals surface area (Å²) in [4.78, 5) is 23.9. The fourth-order valence-corrected chi connectivity index (χ4v) is 1.99. The van der Waals surface area contributed by atoms with Gasteiger partial charge in [-0.25, -0.2) is 4.39 Å². The lowest BCUT2D eigenvalue weighted by molar-refractivity contribution is -0.138. The standard InChI is InChI=1S/C18H18ClFN2O4/c1-18(2,26-13-9-7-12(19)8-10-13)17(24)22-21-16(23)11-25-15-6-4-3-5-14(15)20/h3-10H,11H2,1-2H3,(H,21,23)(H,22,24). The number of benzene rings is 2. The highest BCUT2D eigenvalue weighted by Gasteiger charge is 2.30. The van der Waals surface area contributed by atoms with Gasteiger partial charge in [0.1, 0.15) is 5.75 Å². The highest BCUT2D eigenvalue weighted by atomic mass is 35.5. The SMILES string of the molecule is CC(C)(Oc1ccc(Cl)cc1)C(=O)NNC(=O)COc1ccccc1F. The molecule has 0 unspecified atom stereocenters. The van der Waals surface area contributed by atoms with Crippen molar-refractivity contribution < 1.29 is 23.5 Å². The number of carbonyl (C=O) groups is 2. The van der Waals surface area contributed by atoms with Crippen molar-refractivity contribution in [1.82, 2.24) is 10.9 Å². The molecule has 0 radical (unpaired) electrons. The van der Waals surface area contributed by atoms with Crippen molar-refractivity contribution in [3.63, 3.8) is 0 Å². The number of rotatable bonds is 6. The molecular formula is C18H18ClFN2O4. The second-order valence-corrected chi connectivity index (χ2v) is 6.22. The Bertz CT molecular complexity index is 781. The summed E-state index contributed by atoms with van der Waals surface area (Å²) < 4.78 is 24.0. The molecule has 26 heavy (non-hydrogen) atoms. The van der Waals surface area contributed by atoms with Crippen molar-refractivity contribution in [3.8, 4) is 11.5 Å². The first-order valence-corrected chi connectivity index (χ1v) is 8.07. The molecule has 2 aromatic rings. The molecule has 0 heterocycles. The molecule has 0 atom stereocenters. The highest BCUT2D eigenvalue weighted by Crippen LogP contribution is 2.21. The number of para-hydroxylation sites is 1. The first kappa shape index (κ1) is 19.5. The second kappa shape index (κ2) is 8.53. The van der Waals surface area contributed by atoms with Crippen LogP contribution in [0.1, 0.15) is 13.8 Å². The van der Waals surface area contributed by atoms with Gasteiger partial charge in [0, 0.05) is 5.02 Å². The number of hydrazine groups is 1. The zero-order chi connectivity index (χ0) is 19.2. The molecule has 2 amide bonds. The summed E-state index contributed by atoms with van der Waals surface area (Å²) in [6.45, 7) is 2.62. The number of ether oxygens (including phenoxy) is 2. The molecule has 0 fully saturated rings. The third-order valence-corrected chi connectivity index (χ3v) is 3.50. The molecule has 0 saturated heterocycles. The van der Waals surface area contributed by atoms with Crippen LogP contribution in [0.4, 0.5) is 4.39 Å². The monoisotopic (exact) mass is 380 g/mol. The van der Waals surface area contributed by atoms with Crippen LogP contribution in [0.3, 0.4) is 0 Å². The Labute approximate surface area is 155 Å². The van der Waals surface area contributed by atoms with Gasteiger partial charge in [-0.1, -0.05) is 23.7 Å². The van der Waals surface area contributed by atoms with Crippen LogP contribution in [0.5, 0.6) is 11.5 Å². The van der Waals surface area contributed by atoms with E-state index in [-0.39, 0.29) is 5.75 Å². The maximum Gasteiger partial charge on any atom is 0.281 e. The largest absolute Gasteiger partial charge is 0.481 e. The summed E-state index contributed by atoms with van der Waals surface area (Å²) >= 11 is 5.80. The molecule has 0 aliphatic heterocycles. The number of amides is 2. The molecule has 2 rings (SSSR count). The smallest absolute Gasteiger partial charge is 0.281 e. The topological polar surface area (TPSA) is 76.7 Å². The first-order chi connectivity index (χ1) is 12.3. The molecular weight excluding hydrogens is 363 g/mol. The molecule has 2 aromatic carbocycles. The van der Waals surface area contributed by atoms with Crippen LogP contribution < -0.4 is 20.3 Å². The van der Waals surface area contributed by atoms with Gasteiger partial charge in [0.25, 0.3) is 11.8 Å². The van der Waals surface area contributed by atoms with Crippen LogP contribution in [0.25, 0.3) is 0 Å². The third kappa shape index (κ3) is 5.63. The van der Waals surface area contributed by atoms with E-state index in [0.717, 1.165) is 0 Å². The van der Waals surface area contributed by atoms with E-state index in [1.807, 2.05) is 0 Å². The van der Waals surface area contributed by atoms with Crippen LogP contribution >= 0.6 is 11.6 Å². The lowest BCUT2D eigenvalue weighted by Gasteiger charge is -2.25. The van der Waals surface area contributed by atoms with Crippen LogP contribution in [-0.2, 0) is 9.59 Å². The first-order valence-electron chi connectivity index (χ1n) is 7.69. The Morgan fingerprint density at radius 1 is 1.08 bits per heavy atom. The van der Waals surface area contributed by atoms with E-state index in [2.05, 4.69) is 10.9 Å². The van der Waals surface area contributed by atoms with Crippen LogP contribution in [0.15, 0.2) is 48.5 Å². The van der Waals surface area contributed by atoms with Crippen LogP contribution in [0, 0.1) is 5.82 Å². The van der Waals surface area contributed by atoms with E-state index in [1.54, 1.807) is 44.2 Å². The van der Waals surface area contributed by atoms with Crippen molar-refractivity contribution in [2.24, 2.45) is 0 Å². The lowest BCUT2D eigenvalue weighted by atomic mass is 10.1. The van der Waals surface area contributed by atoms with Crippen LogP contribution in [0.2, 0.25) is 5.02 Å². The average Bonchev–Trinajstić information content (AvgIpc) is 2.60. The summed E-state index contributed by atoms with van der Waals surface area (Å²) in [6, 6.07) is 12.2. The Balaban J connectivity index is 1.81. The van der Waals surface area contributed by atoms with Gasteiger partial charge in [0.05, 0.1) is 0 Å². The molecule has 138 valence electrons. The third-order valence-electron chi connectivity index (χ3n) is 3.24. The van der Waals surface area contributed by atoms with Gasteiger partial charge >= 0.3 is 0 Å². The molecule has 2 N–H and O–H groups in total. The number of halogens is 2. The Hall–Kier alpha value is -2.80. The zero-order valence-corrected chi connectivity index (χ0v) is 15.0. The van der Waals surface area contributed by atoms with Crippen molar-refractivity contribution >= 4 is 23.4 Å². The van der Waals surface area contributed by atoms with Crippen molar-refractivity contribution in [2.45, 2.75) is 19.4 Å². The van der Waals surface area contributed by atoms with E-state index in [1.165, 1.54) is 18.2 Å². The minimum absolute atomic E-state index is 0.0552. The highest BCUT2D eigenvalue weighted by molar-refractivity contribution is 6.30. The Morgan fingerprint density at radius 3 is 2.38 bits per heavy atom. The van der Waals surface area contributed by atoms with Gasteiger partial charge in [-0.2, -0.15) is 0 Å². The fraction of sp³-hybridized carbons (Fsp3) is 0.222. The summed E-state index contributed by atoms with van der Waals surface area (Å²) in [6.07, 6.45) is 0. The molecule has 0 bridgehead atoms. The number of hydrogen-bond donors (Lipinski definition) is 2. The van der Waals surface area contributed by atoms with Crippen LogP contribution in [-0.4, -0.2) is 24.0 Å². The lowest BCUT2D eigenvalue weighted by Crippen LogP contribution is -2.53. The van der Waals surface area contributed by atoms with Gasteiger partial charge in [-0.3, -0.25) is 20.4 Å². The minimum Gasteiger partial charge on any atom is -0.481 e. The zero-order valence-electron chi connectivity index (χ0n) is 14.2. The summed E-state index contributed by atoms with van der Waals surface area (Å²) in [7, 11) is 0. The van der Waals surface area contributed by atoms with E-state index >= 15 is 0 Å². The molecule has 8 heteroatoms. The van der Waals surface area contributed by atoms with E-state index in [9.17, 15) is 14.0 Å². The maximum atomic E-state index is 13.4. The molecule has 6 nitrogen and oxygen atoms in total. The fourth-order valence-electron chi connectivity index (χ4n) is 1.86. The second-order valence-electron chi connectivity index (χ2n) is 5.79. The van der Waals surface area contributed by atoms with E-state index < -0.39 is 29.8 Å². The molecule has 0 aliphatic carbocycles. The number of nitrogens with one attached hydrogen (secondary N) is 2. The van der Waals surface area contributed by atoms with Crippen molar-refractivity contribution in [2.75, 3.05) is 6.61 Å². The summed E-state index contributed by atoms with van der Waals surface area (Å²) in [5.41, 5.74) is 3.17. The Morgan fingerprint density at radius 2 is 1.73 bits per heavy atom. The Kier molecular flexibility index (Phi) is 6.41. The van der Waals surface area contributed by atoms with Crippen molar-refractivity contribution in [1.29, 1.82) is 0 Å². The molecule has 0 saturated carbocycles. The maximum absolute atomic E-state index is 13.4. The minimum atomic E-state index is -1.26. The predicted octanol–water partition coefficient (Wildman–Crippen LogP) is 2.86. The van der Waals surface area contributed by atoms with Gasteiger partial charge < -0.3 is 9.47 Å². The quantitative estimate of drug-likeness (QED) is 0.755. The van der Waals surface area contributed by atoms with Gasteiger partial charge in [0.15, 0.2) is 23.8 Å². The van der Waals surface area contributed by atoms with Gasteiger partial charge in [-0.05, 0) is 50.2 Å². The number of carbonyl (C=O) groups excluding carboxylic acids is 2. The van der Waals surface area contributed by atoms with E-state index in [0.29, 0.717) is 10.8 Å². The van der Waals surface area contributed by atoms with Gasteiger partial charge in [-0.15, -0.1) is 0 Å². The summed E-state index contributed by atoms with van der Waals surface area (Å²) in [5, 5.41) is 0.543. The average molecular weight is 381 g/mol. The van der Waals surface area contributed by atoms with E-state index in [4.69, 9.17) is 21.1 Å². The number of hydrogen-bond acceptors (Lipinski definition) is 4. The molecule has 0 aromatic heterocycles.